The maximum Gasteiger partial charge on any atom is 0.162 e. The number of benzene rings is 1. The SMILES string of the molecule is CCc1ccc(OC(CN)c2ccccn2)c(OC)c1. The molecular weight excluding hydrogens is 252 g/mol. The van der Waals surface area contributed by atoms with Gasteiger partial charge >= 0.3 is 0 Å². The van der Waals surface area contributed by atoms with Gasteiger partial charge in [-0.25, -0.2) is 0 Å². The molecule has 106 valence electrons. The molecule has 0 aliphatic carbocycles. The average molecular weight is 272 g/mol. The smallest absolute Gasteiger partial charge is 0.162 e. The minimum Gasteiger partial charge on any atom is -0.493 e. The van der Waals surface area contributed by atoms with Crippen LogP contribution in [0.25, 0.3) is 0 Å². The molecular formula is C16H20N2O2. The van der Waals surface area contributed by atoms with Crippen LogP contribution in [0.3, 0.4) is 0 Å². The first-order chi connectivity index (χ1) is 9.78. The first-order valence-electron chi connectivity index (χ1n) is 6.73. The van der Waals surface area contributed by atoms with Crippen molar-refractivity contribution in [2.45, 2.75) is 19.4 Å². The number of pyridine rings is 1. The largest absolute Gasteiger partial charge is 0.493 e. The molecule has 2 N–H and O–H groups in total. The summed E-state index contributed by atoms with van der Waals surface area (Å²) < 4.78 is 11.3. The molecule has 0 aliphatic heterocycles. The zero-order chi connectivity index (χ0) is 14.4. The van der Waals surface area contributed by atoms with Gasteiger partial charge in [0, 0.05) is 12.7 Å². The molecule has 1 atom stereocenters. The molecule has 2 rings (SSSR count). The van der Waals surface area contributed by atoms with E-state index in [1.54, 1.807) is 13.3 Å². The normalized spacial score (nSPS) is 11.9. The number of aryl methyl sites for hydroxylation is 1. The van der Waals surface area contributed by atoms with Crippen molar-refractivity contribution >= 4 is 0 Å². The second kappa shape index (κ2) is 6.91. The third kappa shape index (κ3) is 3.27. The highest BCUT2D eigenvalue weighted by molar-refractivity contribution is 5.43. The average Bonchev–Trinajstić information content (AvgIpc) is 2.53. The molecule has 1 heterocycles. The fourth-order valence-electron chi connectivity index (χ4n) is 1.98. The second-order valence-electron chi connectivity index (χ2n) is 4.44. The first kappa shape index (κ1) is 14.3. The Morgan fingerprint density at radius 2 is 2.05 bits per heavy atom. The van der Waals surface area contributed by atoms with Crippen LogP contribution < -0.4 is 15.2 Å². The van der Waals surface area contributed by atoms with Crippen LogP contribution in [0.15, 0.2) is 42.6 Å². The summed E-state index contributed by atoms with van der Waals surface area (Å²) in [5.41, 5.74) is 7.82. The van der Waals surface area contributed by atoms with Crippen molar-refractivity contribution < 1.29 is 9.47 Å². The number of aromatic nitrogens is 1. The van der Waals surface area contributed by atoms with Crippen LogP contribution in [-0.2, 0) is 6.42 Å². The monoisotopic (exact) mass is 272 g/mol. The first-order valence-corrected chi connectivity index (χ1v) is 6.73. The standard InChI is InChI=1S/C16H20N2O2/c1-3-12-7-8-14(15(10-12)19-2)20-16(11-17)13-6-4-5-9-18-13/h4-10,16H,3,11,17H2,1-2H3. The summed E-state index contributed by atoms with van der Waals surface area (Å²) in [6.45, 7) is 2.46. The molecule has 1 aromatic heterocycles. The molecule has 1 unspecified atom stereocenters. The zero-order valence-corrected chi connectivity index (χ0v) is 11.9. The third-order valence-corrected chi connectivity index (χ3v) is 3.14. The molecule has 0 radical (unpaired) electrons. The van der Waals surface area contributed by atoms with Crippen LogP contribution >= 0.6 is 0 Å². The molecule has 0 spiro atoms. The fourth-order valence-corrected chi connectivity index (χ4v) is 1.98. The number of ether oxygens (including phenoxy) is 2. The fraction of sp³-hybridized carbons (Fsp3) is 0.312. The van der Waals surface area contributed by atoms with E-state index < -0.39 is 0 Å². The molecule has 4 nitrogen and oxygen atoms in total. The number of nitrogens with two attached hydrogens (primary N) is 1. The van der Waals surface area contributed by atoms with Gasteiger partial charge in [0.1, 0.15) is 0 Å². The highest BCUT2D eigenvalue weighted by Gasteiger charge is 2.15. The lowest BCUT2D eigenvalue weighted by Gasteiger charge is -2.19. The van der Waals surface area contributed by atoms with Crippen LogP contribution in [0.5, 0.6) is 11.5 Å². The van der Waals surface area contributed by atoms with Gasteiger partial charge in [-0.2, -0.15) is 0 Å². The Hall–Kier alpha value is -2.07. The van der Waals surface area contributed by atoms with Gasteiger partial charge in [-0.15, -0.1) is 0 Å². The Balaban J connectivity index is 2.23. The van der Waals surface area contributed by atoms with E-state index in [4.69, 9.17) is 15.2 Å². The van der Waals surface area contributed by atoms with Crippen molar-refractivity contribution in [3.63, 3.8) is 0 Å². The van der Waals surface area contributed by atoms with Crippen LogP contribution in [-0.4, -0.2) is 18.6 Å². The van der Waals surface area contributed by atoms with Crippen molar-refractivity contribution in [2.75, 3.05) is 13.7 Å². The molecule has 0 aliphatic rings. The lowest BCUT2D eigenvalue weighted by molar-refractivity contribution is 0.200. The Labute approximate surface area is 119 Å². The maximum absolute atomic E-state index is 5.96. The zero-order valence-electron chi connectivity index (χ0n) is 11.9. The quantitative estimate of drug-likeness (QED) is 0.878. The molecule has 0 saturated heterocycles. The molecule has 1 aromatic carbocycles. The number of hydrogen-bond acceptors (Lipinski definition) is 4. The predicted molar refractivity (Wildman–Crippen MR) is 79.0 cm³/mol. The van der Waals surface area contributed by atoms with Gasteiger partial charge in [0.05, 0.1) is 12.8 Å². The summed E-state index contributed by atoms with van der Waals surface area (Å²) in [7, 11) is 1.64. The van der Waals surface area contributed by atoms with E-state index >= 15 is 0 Å². The Bertz CT molecular complexity index is 543. The third-order valence-electron chi connectivity index (χ3n) is 3.14. The highest BCUT2D eigenvalue weighted by atomic mass is 16.5. The molecule has 0 bridgehead atoms. The number of nitrogens with zero attached hydrogens (tertiary/aromatic N) is 1. The lowest BCUT2D eigenvalue weighted by atomic mass is 10.1. The molecule has 0 amide bonds. The van der Waals surface area contributed by atoms with Crippen LogP contribution in [0, 0.1) is 0 Å². The predicted octanol–water partition coefficient (Wildman–Crippen LogP) is 2.73. The summed E-state index contributed by atoms with van der Waals surface area (Å²) >= 11 is 0. The van der Waals surface area contributed by atoms with Crippen LogP contribution in [0.4, 0.5) is 0 Å². The van der Waals surface area contributed by atoms with Gasteiger partial charge in [-0.05, 0) is 36.2 Å². The summed E-state index contributed by atoms with van der Waals surface area (Å²) in [6.07, 6.45) is 2.41. The lowest BCUT2D eigenvalue weighted by Crippen LogP contribution is -2.19. The molecule has 0 fully saturated rings. The Kier molecular flexibility index (Phi) is 4.96. The van der Waals surface area contributed by atoms with E-state index in [9.17, 15) is 0 Å². The number of rotatable bonds is 6. The van der Waals surface area contributed by atoms with Gasteiger partial charge in [0.2, 0.25) is 0 Å². The Morgan fingerprint density at radius 1 is 1.20 bits per heavy atom. The second-order valence-corrected chi connectivity index (χ2v) is 4.44. The number of hydrogen-bond donors (Lipinski definition) is 1. The van der Waals surface area contributed by atoms with Crippen LogP contribution in [0.1, 0.15) is 24.3 Å². The van der Waals surface area contributed by atoms with Crippen molar-refractivity contribution in [1.82, 2.24) is 4.98 Å². The topological polar surface area (TPSA) is 57.4 Å². The van der Waals surface area contributed by atoms with Crippen molar-refractivity contribution in [1.29, 1.82) is 0 Å². The van der Waals surface area contributed by atoms with Crippen molar-refractivity contribution in [3.05, 3.63) is 53.9 Å². The summed E-state index contributed by atoms with van der Waals surface area (Å²) in [4.78, 5) is 4.29. The summed E-state index contributed by atoms with van der Waals surface area (Å²) in [6, 6.07) is 11.6. The van der Waals surface area contributed by atoms with E-state index in [1.807, 2.05) is 36.4 Å². The molecule has 2 aromatic rings. The minimum atomic E-state index is -0.280. The molecule has 4 heteroatoms. The summed E-state index contributed by atoms with van der Waals surface area (Å²) in [5.74, 6) is 1.41. The van der Waals surface area contributed by atoms with Gasteiger partial charge in [0.25, 0.3) is 0 Å². The van der Waals surface area contributed by atoms with Gasteiger partial charge in [-0.3, -0.25) is 4.98 Å². The van der Waals surface area contributed by atoms with Crippen molar-refractivity contribution in [3.8, 4) is 11.5 Å². The van der Waals surface area contributed by atoms with Gasteiger partial charge in [-0.1, -0.05) is 19.1 Å². The maximum atomic E-state index is 5.96. The molecule has 0 saturated carbocycles. The molecule has 20 heavy (non-hydrogen) atoms. The van der Waals surface area contributed by atoms with Crippen molar-refractivity contribution in [2.24, 2.45) is 5.73 Å². The van der Waals surface area contributed by atoms with Gasteiger partial charge < -0.3 is 15.2 Å². The number of methoxy groups -OCH3 is 1. The minimum absolute atomic E-state index is 0.280. The van der Waals surface area contributed by atoms with E-state index in [-0.39, 0.29) is 6.10 Å². The van der Waals surface area contributed by atoms with E-state index in [0.717, 1.165) is 17.9 Å². The van der Waals surface area contributed by atoms with Crippen LogP contribution in [0.2, 0.25) is 0 Å². The van der Waals surface area contributed by atoms with E-state index in [2.05, 4.69) is 11.9 Å². The van der Waals surface area contributed by atoms with Gasteiger partial charge in [0.15, 0.2) is 17.6 Å². The highest BCUT2D eigenvalue weighted by Crippen LogP contribution is 2.31. The summed E-state index contributed by atoms with van der Waals surface area (Å²) in [5, 5.41) is 0. The van der Waals surface area contributed by atoms with E-state index in [0.29, 0.717) is 12.3 Å². The van der Waals surface area contributed by atoms with E-state index in [1.165, 1.54) is 5.56 Å². The Morgan fingerprint density at radius 3 is 2.65 bits per heavy atom.